The molecule has 3 unspecified atom stereocenters. The zero-order valence-electron chi connectivity index (χ0n) is 24.6. The fourth-order valence-corrected chi connectivity index (χ4v) is 5.29. The van der Waals surface area contributed by atoms with Gasteiger partial charge >= 0.3 is 18.1 Å². The van der Waals surface area contributed by atoms with E-state index in [1.165, 1.54) is 26.4 Å². The average molecular weight is 609 g/mol. The lowest BCUT2D eigenvalue weighted by atomic mass is 10.1. The lowest BCUT2D eigenvalue weighted by Gasteiger charge is -2.24. The summed E-state index contributed by atoms with van der Waals surface area (Å²) in [6.07, 6.45) is -2.03. The van der Waals surface area contributed by atoms with Crippen molar-refractivity contribution in [3.8, 4) is 17.2 Å². The summed E-state index contributed by atoms with van der Waals surface area (Å²) >= 11 is 0. The van der Waals surface area contributed by atoms with E-state index in [4.69, 9.17) is 23.7 Å². The van der Waals surface area contributed by atoms with Gasteiger partial charge in [-0.1, -0.05) is 6.07 Å². The standard InChI is InChI=1S/C31H39F3N2O7/c1-39-26-20-23-21-27(28(26)40-2)41-17-4-9-25(43-30(38)22-7-3-8-24(19-22)31(32,33)34)10-14-36-12-5-11-35(15-16-36)13-6-18-42-29(23)37/h3,7-8,19-21,25H,4-6,9-18H2,1-2H3. The van der Waals surface area contributed by atoms with Crippen LogP contribution in [0.5, 0.6) is 17.2 Å². The molecule has 0 radical (unpaired) electrons. The molecule has 1 saturated heterocycles. The third-order valence-electron chi connectivity index (χ3n) is 7.61. The minimum atomic E-state index is -4.56. The molecule has 0 amide bonds. The summed E-state index contributed by atoms with van der Waals surface area (Å²) < 4.78 is 67.9. The second-order valence-corrected chi connectivity index (χ2v) is 10.6. The molecule has 9 nitrogen and oxygen atoms in total. The van der Waals surface area contributed by atoms with E-state index in [0.29, 0.717) is 49.5 Å². The molecule has 0 spiro atoms. The molecule has 0 aromatic heterocycles. The highest BCUT2D eigenvalue weighted by atomic mass is 19.4. The number of benzene rings is 2. The Morgan fingerprint density at radius 1 is 0.860 bits per heavy atom. The minimum Gasteiger partial charge on any atom is -0.493 e. The highest BCUT2D eigenvalue weighted by Gasteiger charge is 2.31. The van der Waals surface area contributed by atoms with Crippen LogP contribution in [0.2, 0.25) is 0 Å². The predicted molar refractivity (Wildman–Crippen MR) is 152 cm³/mol. The van der Waals surface area contributed by atoms with Crippen LogP contribution in [0.4, 0.5) is 13.2 Å². The molecule has 43 heavy (non-hydrogen) atoms. The van der Waals surface area contributed by atoms with Crippen LogP contribution >= 0.6 is 0 Å². The lowest BCUT2D eigenvalue weighted by Crippen LogP contribution is -2.34. The van der Waals surface area contributed by atoms with E-state index in [1.807, 2.05) is 0 Å². The van der Waals surface area contributed by atoms with Gasteiger partial charge in [0.15, 0.2) is 11.5 Å². The molecular weight excluding hydrogens is 569 g/mol. The number of cyclic esters (lactones) is 1. The first kappa shape index (κ1) is 32.4. The molecule has 4 rings (SSSR count). The maximum Gasteiger partial charge on any atom is 0.416 e. The van der Waals surface area contributed by atoms with Crippen LogP contribution < -0.4 is 14.2 Å². The van der Waals surface area contributed by atoms with E-state index in [-0.39, 0.29) is 24.3 Å². The zero-order valence-corrected chi connectivity index (χ0v) is 24.6. The van der Waals surface area contributed by atoms with Gasteiger partial charge in [-0.05, 0) is 75.5 Å². The van der Waals surface area contributed by atoms with Crippen LogP contribution in [0.1, 0.15) is 58.4 Å². The Morgan fingerprint density at radius 2 is 1.58 bits per heavy atom. The number of alkyl halides is 3. The molecule has 4 bridgehead atoms. The van der Waals surface area contributed by atoms with Crippen molar-refractivity contribution in [3.63, 3.8) is 0 Å². The highest BCUT2D eigenvalue weighted by Crippen LogP contribution is 2.39. The largest absolute Gasteiger partial charge is 0.493 e. The summed E-state index contributed by atoms with van der Waals surface area (Å²) in [7, 11) is 2.93. The van der Waals surface area contributed by atoms with Crippen molar-refractivity contribution in [1.82, 2.24) is 9.80 Å². The highest BCUT2D eigenvalue weighted by molar-refractivity contribution is 5.91. The number of hydrogen-bond donors (Lipinski definition) is 0. The molecule has 0 N–H and O–H groups in total. The Balaban J connectivity index is 1.52. The van der Waals surface area contributed by atoms with Crippen LogP contribution in [0.25, 0.3) is 0 Å². The van der Waals surface area contributed by atoms with E-state index < -0.39 is 29.8 Å². The Labute approximate surface area is 249 Å². The molecule has 0 aliphatic carbocycles. The number of hydrogen-bond acceptors (Lipinski definition) is 9. The minimum absolute atomic E-state index is 0.146. The van der Waals surface area contributed by atoms with Crippen molar-refractivity contribution in [2.75, 3.05) is 66.7 Å². The fourth-order valence-electron chi connectivity index (χ4n) is 5.29. The molecule has 2 aromatic rings. The summed E-state index contributed by atoms with van der Waals surface area (Å²) in [5.41, 5.74) is -0.781. The topological polar surface area (TPSA) is 86.8 Å². The van der Waals surface area contributed by atoms with Crippen molar-refractivity contribution < 1.29 is 46.4 Å². The first-order valence-electron chi connectivity index (χ1n) is 14.6. The molecule has 0 saturated carbocycles. The molecule has 12 heteroatoms. The van der Waals surface area contributed by atoms with Crippen molar-refractivity contribution >= 4 is 11.9 Å². The van der Waals surface area contributed by atoms with Gasteiger partial charge in [-0.2, -0.15) is 13.2 Å². The van der Waals surface area contributed by atoms with Gasteiger partial charge in [-0.25, -0.2) is 9.59 Å². The van der Waals surface area contributed by atoms with E-state index in [0.717, 1.165) is 51.3 Å². The number of ether oxygens (including phenoxy) is 5. The summed E-state index contributed by atoms with van der Waals surface area (Å²) in [6, 6.07) is 7.36. The van der Waals surface area contributed by atoms with Crippen LogP contribution in [0.3, 0.4) is 0 Å². The summed E-state index contributed by atoms with van der Waals surface area (Å²) in [5, 5.41) is 0. The van der Waals surface area contributed by atoms with Crippen molar-refractivity contribution in [2.24, 2.45) is 0 Å². The molecule has 1 fully saturated rings. The Bertz CT molecular complexity index is 1240. The molecule has 2 aliphatic rings. The quantitative estimate of drug-likeness (QED) is 0.442. The van der Waals surface area contributed by atoms with Crippen molar-refractivity contribution in [2.45, 2.75) is 44.4 Å². The SMILES string of the molecule is COc1cc2cc(c1OC)OCCCC(OC(=O)c1cccc(C(F)(F)F)c1)CCN1CCCN(CCCOC2=O)CC1. The van der Waals surface area contributed by atoms with E-state index in [9.17, 15) is 22.8 Å². The lowest BCUT2D eigenvalue weighted by molar-refractivity contribution is -0.137. The number of rotatable bonds is 4. The first-order valence-corrected chi connectivity index (χ1v) is 14.6. The van der Waals surface area contributed by atoms with Crippen LogP contribution in [0, 0.1) is 0 Å². The predicted octanol–water partition coefficient (Wildman–Crippen LogP) is 5.07. The van der Waals surface area contributed by atoms with Gasteiger partial charge in [0.1, 0.15) is 6.10 Å². The van der Waals surface area contributed by atoms with Gasteiger partial charge in [-0.15, -0.1) is 0 Å². The maximum atomic E-state index is 13.2. The van der Waals surface area contributed by atoms with Gasteiger partial charge < -0.3 is 33.5 Å². The van der Waals surface area contributed by atoms with Crippen molar-refractivity contribution in [1.29, 1.82) is 0 Å². The van der Waals surface area contributed by atoms with Gasteiger partial charge in [0.25, 0.3) is 0 Å². The number of carbonyl (C=O) groups is 2. The third-order valence-corrected chi connectivity index (χ3v) is 7.61. The second kappa shape index (κ2) is 15.3. The number of esters is 2. The second-order valence-electron chi connectivity index (χ2n) is 10.6. The molecule has 2 aromatic carbocycles. The van der Waals surface area contributed by atoms with E-state index in [1.54, 1.807) is 12.1 Å². The average Bonchev–Trinajstić information content (AvgIpc) is 3.23. The molecule has 2 aliphatic heterocycles. The Kier molecular flexibility index (Phi) is 11.5. The number of carbonyl (C=O) groups excluding carboxylic acids is 2. The summed E-state index contributed by atoms with van der Waals surface area (Å²) in [6.45, 7) is 5.46. The monoisotopic (exact) mass is 608 g/mol. The van der Waals surface area contributed by atoms with Crippen molar-refractivity contribution in [3.05, 3.63) is 53.1 Å². The molecule has 2 heterocycles. The normalized spacial score (nSPS) is 22.5. The smallest absolute Gasteiger partial charge is 0.416 e. The van der Waals surface area contributed by atoms with Gasteiger partial charge in [0.05, 0.1) is 44.1 Å². The van der Waals surface area contributed by atoms with E-state index >= 15 is 0 Å². The van der Waals surface area contributed by atoms with Crippen LogP contribution in [-0.2, 0) is 15.7 Å². The maximum absolute atomic E-state index is 13.2. The van der Waals surface area contributed by atoms with E-state index in [2.05, 4.69) is 9.80 Å². The molecule has 236 valence electrons. The summed E-state index contributed by atoms with van der Waals surface area (Å²) in [5.74, 6) is -0.344. The van der Waals surface area contributed by atoms with Crippen LogP contribution in [-0.4, -0.2) is 94.5 Å². The third kappa shape index (κ3) is 9.24. The van der Waals surface area contributed by atoms with Gasteiger partial charge in [0.2, 0.25) is 5.75 Å². The number of nitrogens with zero attached hydrogens (tertiary/aromatic N) is 2. The number of fused-ring (bicyclic) bond motifs is 5. The number of methoxy groups -OCH3 is 2. The van der Waals surface area contributed by atoms with Gasteiger partial charge in [0, 0.05) is 26.2 Å². The zero-order chi connectivity index (χ0) is 30.8. The number of halogens is 3. The first-order chi connectivity index (χ1) is 20.7. The Hall–Kier alpha value is -3.51. The molecule has 3 atom stereocenters. The van der Waals surface area contributed by atoms with Crippen LogP contribution in [0.15, 0.2) is 36.4 Å². The van der Waals surface area contributed by atoms with Gasteiger partial charge in [-0.3, -0.25) is 0 Å². The fraction of sp³-hybridized carbons (Fsp3) is 0.548. The Morgan fingerprint density at radius 3 is 2.30 bits per heavy atom. The molecular formula is C31H39F3N2O7. The summed E-state index contributed by atoms with van der Waals surface area (Å²) in [4.78, 5) is 30.4.